The summed E-state index contributed by atoms with van der Waals surface area (Å²) in [7, 11) is 1.34. The Labute approximate surface area is 136 Å². The highest BCUT2D eigenvalue weighted by Crippen LogP contribution is 2.41. The van der Waals surface area contributed by atoms with Gasteiger partial charge in [-0.3, -0.25) is 4.79 Å². The van der Waals surface area contributed by atoms with Gasteiger partial charge in [-0.2, -0.15) is 0 Å². The highest BCUT2D eigenvalue weighted by atomic mass is 19.1. The molecule has 2 aromatic rings. The van der Waals surface area contributed by atoms with Crippen molar-refractivity contribution in [2.75, 3.05) is 12.4 Å². The molecule has 124 valence electrons. The van der Waals surface area contributed by atoms with Crippen molar-refractivity contribution in [2.45, 2.75) is 12.3 Å². The Balaban J connectivity index is 2.16. The number of hydrogen-bond donors (Lipinski definition) is 3. The van der Waals surface area contributed by atoms with Gasteiger partial charge in [-0.05, 0) is 29.3 Å². The Hall–Kier alpha value is -3.09. The van der Waals surface area contributed by atoms with Crippen LogP contribution in [0.15, 0.2) is 30.3 Å². The lowest BCUT2D eigenvalue weighted by atomic mass is 9.83. The van der Waals surface area contributed by atoms with Gasteiger partial charge < -0.3 is 20.3 Å². The van der Waals surface area contributed by atoms with Crippen molar-refractivity contribution in [2.24, 2.45) is 0 Å². The smallest absolute Gasteiger partial charge is 0.339 e. The third-order valence-corrected chi connectivity index (χ3v) is 4.01. The number of nitrogens with one attached hydrogen (secondary N) is 1. The monoisotopic (exact) mass is 331 g/mol. The minimum atomic E-state index is -1.28. The molecular weight excluding hydrogens is 317 g/mol. The second-order valence-electron chi connectivity index (χ2n) is 5.46. The average molecular weight is 331 g/mol. The zero-order valence-corrected chi connectivity index (χ0v) is 12.7. The Morgan fingerprint density at radius 1 is 1.33 bits per heavy atom. The molecule has 6 nitrogen and oxygen atoms in total. The van der Waals surface area contributed by atoms with E-state index in [2.05, 4.69) is 5.32 Å². The summed E-state index contributed by atoms with van der Waals surface area (Å²) in [5, 5.41) is 21.6. The molecule has 0 unspecified atom stereocenters. The largest absolute Gasteiger partial charge is 0.507 e. The number of aromatic hydroxyl groups is 1. The number of methoxy groups -OCH3 is 1. The van der Waals surface area contributed by atoms with E-state index < -0.39 is 23.5 Å². The first-order valence-electron chi connectivity index (χ1n) is 7.14. The van der Waals surface area contributed by atoms with E-state index in [4.69, 9.17) is 4.74 Å². The fourth-order valence-electron chi connectivity index (χ4n) is 2.86. The highest BCUT2D eigenvalue weighted by molar-refractivity contribution is 5.98. The van der Waals surface area contributed by atoms with E-state index in [1.54, 1.807) is 0 Å². The van der Waals surface area contributed by atoms with Gasteiger partial charge in [0, 0.05) is 24.1 Å². The number of amides is 1. The Kier molecular flexibility index (Phi) is 3.84. The molecule has 7 heteroatoms. The summed E-state index contributed by atoms with van der Waals surface area (Å²) < 4.78 is 18.6. The molecule has 0 aliphatic carbocycles. The van der Waals surface area contributed by atoms with Crippen LogP contribution in [0.25, 0.3) is 0 Å². The summed E-state index contributed by atoms with van der Waals surface area (Å²) in [5.41, 5.74) is 1.23. The second kappa shape index (κ2) is 5.84. The van der Waals surface area contributed by atoms with Crippen LogP contribution in [0.3, 0.4) is 0 Å². The number of hydrogen-bond acceptors (Lipinski definition) is 4. The molecule has 24 heavy (non-hydrogen) atoms. The van der Waals surface area contributed by atoms with Crippen LogP contribution >= 0.6 is 0 Å². The SMILES string of the molecule is COc1cc([C@H]2CC(=O)Nc3cc(O)c(C(=O)O)cc32)ccc1F. The summed E-state index contributed by atoms with van der Waals surface area (Å²) in [6, 6.07) is 6.78. The van der Waals surface area contributed by atoms with Crippen molar-refractivity contribution in [1.82, 2.24) is 0 Å². The highest BCUT2D eigenvalue weighted by Gasteiger charge is 2.29. The Morgan fingerprint density at radius 2 is 2.08 bits per heavy atom. The van der Waals surface area contributed by atoms with Crippen LogP contribution in [0.2, 0.25) is 0 Å². The fourth-order valence-corrected chi connectivity index (χ4v) is 2.86. The van der Waals surface area contributed by atoms with E-state index in [1.165, 1.54) is 37.4 Å². The van der Waals surface area contributed by atoms with Crippen molar-refractivity contribution in [3.05, 3.63) is 52.8 Å². The molecule has 0 spiro atoms. The molecule has 2 aromatic carbocycles. The van der Waals surface area contributed by atoms with Gasteiger partial charge in [0.2, 0.25) is 5.91 Å². The van der Waals surface area contributed by atoms with Crippen LogP contribution in [-0.4, -0.2) is 29.2 Å². The van der Waals surface area contributed by atoms with Gasteiger partial charge in [0.05, 0.1) is 7.11 Å². The molecule has 1 heterocycles. The third-order valence-electron chi connectivity index (χ3n) is 4.01. The lowest BCUT2D eigenvalue weighted by Gasteiger charge is -2.27. The van der Waals surface area contributed by atoms with Crippen LogP contribution in [0.4, 0.5) is 10.1 Å². The maximum absolute atomic E-state index is 13.6. The number of ether oxygens (including phenoxy) is 1. The zero-order chi connectivity index (χ0) is 17.4. The minimum absolute atomic E-state index is 0.0391. The molecule has 1 aliphatic heterocycles. The van der Waals surface area contributed by atoms with Crippen molar-refractivity contribution in [1.29, 1.82) is 0 Å². The predicted octanol–water partition coefficient (Wildman–Crippen LogP) is 2.71. The van der Waals surface area contributed by atoms with Crippen LogP contribution in [0, 0.1) is 5.82 Å². The second-order valence-corrected chi connectivity index (χ2v) is 5.46. The van der Waals surface area contributed by atoms with Crippen LogP contribution in [-0.2, 0) is 4.79 Å². The van der Waals surface area contributed by atoms with Crippen molar-refractivity contribution in [3.63, 3.8) is 0 Å². The molecule has 0 saturated heterocycles. The normalized spacial score (nSPS) is 16.2. The molecule has 0 aromatic heterocycles. The van der Waals surface area contributed by atoms with E-state index in [-0.39, 0.29) is 23.6 Å². The van der Waals surface area contributed by atoms with Gasteiger partial charge in [-0.15, -0.1) is 0 Å². The molecular formula is C17H14FNO5. The Morgan fingerprint density at radius 3 is 2.75 bits per heavy atom. The molecule has 3 rings (SSSR count). The van der Waals surface area contributed by atoms with Crippen molar-refractivity contribution in [3.8, 4) is 11.5 Å². The van der Waals surface area contributed by atoms with Gasteiger partial charge in [0.1, 0.15) is 11.3 Å². The van der Waals surface area contributed by atoms with Crippen LogP contribution in [0.1, 0.15) is 33.8 Å². The van der Waals surface area contributed by atoms with Crippen LogP contribution < -0.4 is 10.1 Å². The summed E-state index contributed by atoms with van der Waals surface area (Å²) in [6.45, 7) is 0. The van der Waals surface area contributed by atoms with E-state index in [9.17, 15) is 24.2 Å². The molecule has 0 saturated carbocycles. The number of carboxylic acid groups (broad SMARTS) is 1. The number of carbonyl (C=O) groups excluding carboxylic acids is 1. The quantitative estimate of drug-likeness (QED) is 0.804. The molecule has 0 fully saturated rings. The minimum Gasteiger partial charge on any atom is -0.507 e. The number of rotatable bonds is 3. The lowest BCUT2D eigenvalue weighted by molar-refractivity contribution is -0.116. The lowest BCUT2D eigenvalue weighted by Crippen LogP contribution is -2.24. The number of anilines is 1. The number of halogens is 1. The predicted molar refractivity (Wildman–Crippen MR) is 83.1 cm³/mol. The van der Waals surface area contributed by atoms with E-state index >= 15 is 0 Å². The maximum atomic E-state index is 13.6. The van der Waals surface area contributed by atoms with Gasteiger partial charge in [0.25, 0.3) is 0 Å². The fraction of sp³-hybridized carbons (Fsp3) is 0.176. The number of aromatic carboxylic acids is 1. The van der Waals surface area contributed by atoms with E-state index in [1.807, 2.05) is 0 Å². The molecule has 1 aliphatic rings. The number of benzene rings is 2. The van der Waals surface area contributed by atoms with Gasteiger partial charge in [-0.1, -0.05) is 6.07 Å². The first kappa shape index (κ1) is 15.8. The standard InChI is InChI=1S/C17H14FNO5/c1-24-15-4-8(2-3-12(15)18)9-6-16(21)19-13-7-14(20)11(17(22)23)5-10(9)13/h2-5,7,9,20H,6H2,1H3,(H,19,21)(H,22,23)/t9-/m1/s1. The number of phenols is 1. The Bertz CT molecular complexity index is 849. The average Bonchev–Trinajstić information content (AvgIpc) is 2.53. The molecule has 3 N–H and O–H groups in total. The van der Waals surface area contributed by atoms with E-state index in [0.29, 0.717) is 16.8 Å². The number of carboxylic acids is 1. The van der Waals surface area contributed by atoms with Gasteiger partial charge in [0.15, 0.2) is 11.6 Å². The van der Waals surface area contributed by atoms with Gasteiger partial charge in [-0.25, -0.2) is 9.18 Å². The first-order chi connectivity index (χ1) is 11.4. The molecule has 1 atom stereocenters. The number of fused-ring (bicyclic) bond motifs is 1. The molecule has 1 amide bonds. The third kappa shape index (κ3) is 2.64. The molecule has 0 bridgehead atoms. The molecule has 0 radical (unpaired) electrons. The zero-order valence-electron chi connectivity index (χ0n) is 12.7. The van der Waals surface area contributed by atoms with Crippen molar-refractivity contribution < 1.29 is 28.9 Å². The van der Waals surface area contributed by atoms with Crippen LogP contribution in [0.5, 0.6) is 11.5 Å². The van der Waals surface area contributed by atoms with E-state index in [0.717, 1.165) is 0 Å². The van der Waals surface area contributed by atoms with Gasteiger partial charge >= 0.3 is 5.97 Å². The summed E-state index contributed by atoms with van der Waals surface area (Å²) >= 11 is 0. The summed E-state index contributed by atoms with van der Waals surface area (Å²) in [6.07, 6.45) is 0.0750. The summed E-state index contributed by atoms with van der Waals surface area (Å²) in [4.78, 5) is 23.2. The first-order valence-corrected chi connectivity index (χ1v) is 7.14. The summed E-state index contributed by atoms with van der Waals surface area (Å²) in [5.74, 6) is -2.95. The number of carbonyl (C=O) groups is 2. The van der Waals surface area contributed by atoms with Crippen molar-refractivity contribution >= 4 is 17.6 Å². The topological polar surface area (TPSA) is 95.9 Å². The maximum Gasteiger partial charge on any atom is 0.339 e.